The normalized spacial score (nSPS) is 19.0. The number of piperidine rings is 1. The maximum absolute atomic E-state index is 13.7. The first-order valence-electron chi connectivity index (χ1n) is 7.66. The van der Waals surface area contributed by atoms with Crippen LogP contribution in [0, 0.1) is 11.7 Å². The minimum atomic E-state index is -0.353. The number of likely N-dealkylation sites (tertiary alicyclic amines) is 1. The Morgan fingerprint density at radius 1 is 1.55 bits per heavy atom. The molecule has 0 spiro atoms. The molecule has 3 N–H and O–H groups in total. The van der Waals surface area contributed by atoms with Gasteiger partial charge >= 0.3 is 0 Å². The van der Waals surface area contributed by atoms with Crippen molar-refractivity contribution in [3.63, 3.8) is 0 Å². The van der Waals surface area contributed by atoms with Crippen molar-refractivity contribution in [1.29, 1.82) is 0 Å². The van der Waals surface area contributed by atoms with E-state index >= 15 is 0 Å². The van der Waals surface area contributed by atoms with Gasteiger partial charge < -0.3 is 15.8 Å². The number of ether oxygens (including phenoxy) is 1. The van der Waals surface area contributed by atoms with Crippen LogP contribution < -0.4 is 15.8 Å². The zero-order chi connectivity index (χ0) is 15.9. The maximum atomic E-state index is 13.7. The zero-order valence-corrected chi connectivity index (χ0v) is 13.0. The van der Waals surface area contributed by atoms with Gasteiger partial charge in [0.05, 0.1) is 13.0 Å². The summed E-state index contributed by atoms with van der Waals surface area (Å²) < 4.78 is 18.7. The number of benzene rings is 1. The number of rotatable bonds is 6. The molecule has 1 unspecified atom stereocenters. The van der Waals surface area contributed by atoms with Crippen molar-refractivity contribution in [2.24, 2.45) is 11.7 Å². The molecule has 6 heteroatoms. The van der Waals surface area contributed by atoms with Crippen LogP contribution in [0.5, 0.6) is 5.75 Å². The number of nitrogens with zero attached hydrogens (tertiary/aromatic N) is 1. The number of nitrogens with two attached hydrogens (primary N) is 1. The lowest BCUT2D eigenvalue weighted by Gasteiger charge is -2.32. The van der Waals surface area contributed by atoms with E-state index in [1.165, 1.54) is 13.2 Å². The van der Waals surface area contributed by atoms with Crippen LogP contribution in [-0.2, 0) is 11.3 Å². The quantitative estimate of drug-likeness (QED) is 0.826. The van der Waals surface area contributed by atoms with Gasteiger partial charge in [0.1, 0.15) is 0 Å². The minimum absolute atomic E-state index is 0.0107. The number of nitrogens with one attached hydrogen (secondary N) is 1. The summed E-state index contributed by atoms with van der Waals surface area (Å²) in [5.41, 5.74) is 6.29. The Labute approximate surface area is 130 Å². The van der Waals surface area contributed by atoms with Gasteiger partial charge in [0.25, 0.3) is 0 Å². The molecule has 0 aliphatic carbocycles. The van der Waals surface area contributed by atoms with Crippen molar-refractivity contribution < 1.29 is 13.9 Å². The van der Waals surface area contributed by atoms with E-state index in [2.05, 4.69) is 10.2 Å². The lowest BCUT2D eigenvalue weighted by Crippen LogP contribution is -2.43. The predicted molar refractivity (Wildman–Crippen MR) is 83.0 cm³/mol. The fourth-order valence-corrected chi connectivity index (χ4v) is 2.82. The highest BCUT2D eigenvalue weighted by Crippen LogP contribution is 2.22. The highest BCUT2D eigenvalue weighted by molar-refractivity contribution is 5.78. The molecule has 1 aliphatic rings. The number of carbonyl (C=O) groups is 1. The van der Waals surface area contributed by atoms with Crippen LogP contribution in [0.1, 0.15) is 18.4 Å². The van der Waals surface area contributed by atoms with Gasteiger partial charge in [-0.3, -0.25) is 9.69 Å². The van der Waals surface area contributed by atoms with Crippen molar-refractivity contribution >= 4 is 5.91 Å². The molecule has 0 saturated carbocycles. The Bertz CT molecular complexity index is 510. The Kier molecular flexibility index (Phi) is 6.15. The molecule has 2 rings (SSSR count). The third kappa shape index (κ3) is 4.42. The first kappa shape index (κ1) is 16.7. The highest BCUT2D eigenvalue weighted by Gasteiger charge is 2.25. The van der Waals surface area contributed by atoms with E-state index < -0.39 is 0 Å². The van der Waals surface area contributed by atoms with Gasteiger partial charge in [-0.25, -0.2) is 4.39 Å². The van der Waals surface area contributed by atoms with Gasteiger partial charge in [0.2, 0.25) is 5.91 Å². The Morgan fingerprint density at radius 2 is 2.36 bits per heavy atom. The van der Waals surface area contributed by atoms with Gasteiger partial charge in [-0.05, 0) is 37.1 Å². The predicted octanol–water partition coefficient (Wildman–Crippen LogP) is 1.12. The van der Waals surface area contributed by atoms with E-state index in [0.717, 1.165) is 24.9 Å². The summed E-state index contributed by atoms with van der Waals surface area (Å²) in [6.07, 6.45) is 1.86. The molecule has 1 atom stereocenters. The standard InChI is InChI=1S/C16H24FN3O2/c1-22-15-5-4-12(9-14(15)17)10-20-8-2-3-13(11-20)16(21)19-7-6-18/h4-5,9,13H,2-3,6-8,10-11,18H2,1H3,(H,19,21). The third-order valence-electron chi connectivity index (χ3n) is 3.94. The molecule has 1 heterocycles. The SMILES string of the molecule is COc1ccc(CN2CCCC(C(=O)NCCN)C2)cc1F. The second-order valence-electron chi connectivity index (χ2n) is 5.62. The van der Waals surface area contributed by atoms with Gasteiger partial charge in [-0.2, -0.15) is 0 Å². The molecule has 22 heavy (non-hydrogen) atoms. The molecule has 1 amide bonds. The lowest BCUT2D eigenvalue weighted by molar-refractivity contribution is -0.126. The number of halogens is 1. The molecule has 1 aliphatic heterocycles. The topological polar surface area (TPSA) is 67.6 Å². The van der Waals surface area contributed by atoms with Crippen molar-refractivity contribution in [2.75, 3.05) is 33.3 Å². The summed E-state index contributed by atoms with van der Waals surface area (Å²) >= 11 is 0. The molecule has 5 nitrogen and oxygen atoms in total. The lowest BCUT2D eigenvalue weighted by atomic mass is 9.96. The molecular weight excluding hydrogens is 285 g/mol. The third-order valence-corrected chi connectivity index (χ3v) is 3.94. The maximum Gasteiger partial charge on any atom is 0.224 e. The smallest absolute Gasteiger partial charge is 0.224 e. The van der Waals surface area contributed by atoms with Gasteiger partial charge in [-0.15, -0.1) is 0 Å². The number of methoxy groups -OCH3 is 1. The van der Waals surface area contributed by atoms with Crippen LogP contribution >= 0.6 is 0 Å². The largest absolute Gasteiger partial charge is 0.494 e. The van der Waals surface area contributed by atoms with E-state index in [9.17, 15) is 9.18 Å². The van der Waals surface area contributed by atoms with E-state index in [1.807, 2.05) is 6.07 Å². The number of hydrogen-bond acceptors (Lipinski definition) is 4. The highest BCUT2D eigenvalue weighted by atomic mass is 19.1. The zero-order valence-electron chi connectivity index (χ0n) is 13.0. The van der Waals surface area contributed by atoms with Gasteiger partial charge in [-0.1, -0.05) is 6.07 Å². The average Bonchev–Trinajstić information content (AvgIpc) is 2.53. The molecule has 1 saturated heterocycles. The monoisotopic (exact) mass is 309 g/mol. The Hall–Kier alpha value is -1.66. The summed E-state index contributed by atoms with van der Waals surface area (Å²) in [7, 11) is 1.45. The minimum Gasteiger partial charge on any atom is -0.494 e. The number of hydrogen-bond donors (Lipinski definition) is 2. The summed E-state index contributed by atoms with van der Waals surface area (Å²) in [6.45, 7) is 3.23. The molecule has 1 fully saturated rings. The van der Waals surface area contributed by atoms with Crippen LogP contribution in [0.2, 0.25) is 0 Å². The van der Waals surface area contributed by atoms with E-state index in [0.29, 0.717) is 26.2 Å². The fourth-order valence-electron chi connectivity index (χ4n) is 2.82. The molecule has 0 radical (unpaired) electrons. The van der Waals surface area contributed by atoms with Crippen molar-refractivity contribution in [1.82, 2.24) is 10.2 Å². The first-order chi connectivity index (χ1) is 10.6. The van der Waals surface area contributed by atoms with Crippen LogP contribution in [-0.4, -0.2) is 44.1 Å². The summed E-state index contributed by atoms with van der Waals surface area (Å²) in [6, 6.07) is 5.00. The molecule has 1 aromatic rings. The van der Waals surface area contributed by atoms with Crippen molar-refractivity contribution in [3.8, 4) is 5.75 Å². The van der Waals surface area contributed by atoms with E-state index in [4.69, 9.17) is 10.5 Å². The first-order valence-corrected chi connectivity index (χ1v) is 7.66. The number of amides is 1. The van der Waals surface area contributed by atoms with Crippen LogP contribution in [0.15, 0.2) is 18.2 Å². The van der Waals surface area contributed by atoms with Crippen LogP contribution in [0.25, 0.3) is 0 Å². The summed E-state index contributed by atoms with van der Waals surface area (Å²) in [5, 5.41) is 2.84. The van der Waals surface area contributed by atoms with E-state index in [1.54, 1.807) is 6.07 Å². The second-order valence-corrected chi connectivity index (χ2v) is 5.62. The summed E-state index contributed by atoms with van der Waals surface area (Å²) in [5.74, 6) is -0.0462. The fraction of sp³-hybridized carbons (Fsp3) is 0.562. The van der Waals surface area contributed by atoms with Crippen molar-refractivity contribution in [3.05, 3.63) is 29.6 Å². The molecule has 0 bridgehead atoms. The van der Waals surface area contributed by atoms with E-state index in [-0.39, 0.29) is 23.4 Å². The van der Waals surface area contributed by atoms with Crippen molar-refractivity contribution in [2.45, 2.75) is 19.4 Å². The molecular formula is C16H24FN3O2. The average molecular weight is 309 g/mol. The van der Waals surface area contributed by atoms with Crippen LogP contribution in [0.4, 0.5) is 4.39 Å². The summed E-state index contributed by atoms with van der Waals surface area (Å²) in [4.78, 5) is 14.2. The molecule has 0 aromatic heterocycles. The van der Waals surface area contributed by atoms with Gasteiger partial charge in [0.15, 0.2) is 11.6 Å². The number of carbonyl (C=O) groups excluding carboxylic acids is 1. The van der Waals surface area contributed by atoms with Crippen LogP contribution in [0.3, 0.4) is 0 Å². The molecule has 122 valence electrons. The molecule has 1 aromatic carbocycles. The Morgan fingerprint density at radius 3 is 3.05 bits per heavy atom. The van der Waals surface area contributed by atoms with Gasteiger partial charge in [0, 0.05) is 26.2 Å². The second kappa shape index (κ2) is 8.10. The Balaban J connectivity index is 1.92.